The number of carbonyl (C=O) groups excluding carboxylic acids is 2. The number of halogens is 3. The van der Waals surface area contributed by atoms with E-state index < -0.39 is 31.2 Å². The second-order valence-electron chi connectivity index (χ2n) is 4.88. The van der Waals surface area contributed by atoms with Crippen LogP contribution in [-0.2, 0) is 9.53 Å². The van der Waals surface area contributed by atoms with Crippen LogP contribution in [0.3, 0.4) is 0 Å². The third-order valence-electron chi connectivity index (χ3n) is 3.05. The van der Waals surface area contributed by atoms with Crippen molar-refractivity contribution in [3.63, 3.8) is 0 Å². The Morgan fingerprint density at radius 2 is 1.58 bits per heavy atom. The summed E-state index contributed by atoms with van der Waals surface area (Å²) in [6, 6.07) is 15.7. The Hall–Kier alpha value is -2.83. The Labute approximate surface area is 136 Å². The Morgan fingerprint density at radius 3 is 2.25 bits per heavy atom. The molecule has 0 aliphatic heterocycles. The molecule has 24 heavy (non-hydrogen) atoms. The summed E-state index contributed by atoms with van der Waals surface area (Å²) in [6.45, 7) is -2.25. The van der Waals surface area contributed by atoms with Crippen molar-refractivity contribution in [3.05, 3.63) is 60.2 Å². The number of nitrogens with one attached hydrogen (secondary N) is 1. The van der Waals surface area contributed by atoms with E-state index in [-0.39, 0.29) is 5.56 Å². The van der Waals surface area contributed by atoms with Crippen LogP contribution < -0.4 is 5.32 Å². The molecule has 0 bridgehead atoms. The van der Waals surface area contributed by atoms with Crippen molar-refractivity contribution < 1.29 is 27.5 Å². The van der Waals surface area contributed by atoms with Crippen molar-refractivity contribution in [1.29, 1.82) is 0 Å². The molecule has 0 fully saturated rings. The quantitative estimate of drug-likeness (QED) is 0.853. The molecule has 0 radical (unpaired) electrons. The van der Waals surface area contributed by atoms with Gasteiger partial charge in [-0.2, -0.15) is 13.2 Å². The summed E-state index contributed by atoms with van der Waals surface area (Å²) in [6.07, 6.45) is -4.51. The molecule has 0 aliphatic carbocycles. The number of carbonyl (C=O) groups is 2. The molecule has 0 atom stereocenters. The van der Waals surface area contributed by atoms with Crippen LogP contribution in [0.15, 0.2) is 54.6 Å². The fourth-order valence-corrected chi connectivity index (χ4v) is 1.99. The first-order valence-electron chi connectivity index (χ1n) is 7.02. The minimum absolute atomic E-state index is 0.229. The van der Waals surface area contributed by atoms with Crippen LogP contribution in [0.25, 0.3) is 11.1 Å². The van der Waals surface area contributed by atoms with Gasteiger partial charge in [-0.1, -0.05) is 48.5 Å². The lowest BCUT2D eigenvalue weighted by atomic mass is 10.00. The first-order valence-corrected chi connectivity index (χ1v) is 7.02. The summed E-state index contributed by atoms with van der Waals surface area (Å²) in [4.78, 5) is 23.4. The van der Waals surface area contributed by atoms with Crippen molar-refractivity contribution in [2.75, 3.05) is 13.2 Å². The lowest BCUT2D eigenvalue weighted by Crippen LogP contribution is -2.36. The minimum atomic E-state index is -4.51. The number of ether oxygens (including phenoxy) is 1. The molecule has 0 aromatic heterocycles. The number of alkyl halides is 3. The second kappa shape index (κ2) is 7.63. The summed E-state index contributed by atoms with van der Waals surface area (Å²) < 4.78 is 40.8. The van der Waals surface area contributed by atoms with Gasteiger partial charge in [0.25, 0.3) is 5.91 Å². The molecule has 0 heterocycles. The summed E-state index contributed by atoms with van der Waals surface area (Å²) in [5.74, 6) is -1.80. The zero-order valence-electron chi connectivity index (χ0n) is 12.5. The van der Waals surface area contributed by atoms with Gasteiger partial charge in [0.1, 0.15) is 6.54 Å². The molecule has 2 aromatic carbocycles. The second-order valence-corrected chi connectivity index (χ2v) is 4.88. The monoisotopic (exact) mass is 337 g/mol. The van der Waals surface area contributed by atoms with E-state index in [1.807, 2.05) is 30.3 Å². The highest BCUT2D eigenvalue weighted by Crippen LogP contribution is 2.23. The fourth-order valence-electron chi connectivity index (χ4n) is 1.99. The van der Waals surface area contributed by atoms with Gasteiger partial charge in [0, 0.05) is 0 Å². The maximum atomic E-state index is 12.1. The average Bonchev–Trinajstić information content (AvgIpc) is 2.58. The number of hydrogen-bond acceptors (Lipinski definition) is 3. The van der Waals surface area contributed by atoms with Crippen LogP contribution in [0.1, 0.15) is 10.4 Å². The molecule has 4 nitrogen and oxygen atoms in total. The molecule has 7 heteroatoms. The molecule has 0 aliphatic rings. The molecule has 0 spiro atoms. The lowest BCUT2D eigenvalue weighted by molar-refractivity contribution is -0.140. The smallest absolute Gasteiger partial charge is 0.405 e. The standard InChI is InChI=1S/C17H14F3NO3/c18-17(19,20)11-21-15(22)10-24-16(23)14-9-5-4-8-13(14)12-6-2-1-3-7-12/h1-9H,10-11H2,(H,21,22). The van der Waals surface area contributed by atoms with E-state index in [1.54, 1.807) is 23.5 Å². The van der Waals surface area contributed by atoms with Gasteiger partial charge in [-0.05, 0) is 17.2 Å². The van der Waals surface area contributed by atoms with Gasteiger partial charge in [0.05, 0.1) is 5.56 Å². The molecular formula is C17H14F3NO3. The van der Waals surface area contributed by atoms with Crippen LogP contribution >= 0.6 is 0 Å². The molecule has 0 saturated heterocycles. The maximum Gasteiger partial charge on any atom is 0.405 e. The summed E-state index contributed by atoms with van der Waals surface area (Å²) >= 11 is 0. The topological polar surface area (TPSA) is 55.4 Å². The van der Waals surface area contributed by atoms with Gasteiger partial charge < -0.3 is 10.1 Å². The van der Waals surface area contributed by atoms with Gasteiger partial charge in [-0.15, -0.1) is 0 Å². The SMILES string of the molecule is O=C(COC(=O)c1ccccc1-c1ccccc1)NCC(F)(F)F. The zero-order valence-corrected chi connectivity index (χ0v) is 12.5. The Bertz CT molecular complexity index is 715. The van der Waals surface area contributed by atoms with Crippen molar-refractivity contribution in [3.8, 4) is 11.1 Å². The average molecular weight is 337 g/mol. The molecule has 0 saturated carbocycles. The predicted octanol–water partition coefficient (Wildman–Crippen LogP) is 3.19. The van der Waals surface area contributed by atoms with Gasteiger partial charge in [-0.3, -0.25) is 4.79 Å². The summed E-state index contributed by atoms with van der Waals surface area (Å²) in [7, 11) is 0. The summed E-state index contributed by atoms with van der Waals surface area (Å²) in [5, 5.41) is 1.63. The highest BCUT2D eigenvalue weighted by molar-refractivity contribution is 5.98. The highest BCUT2D eigenvalue weighted by atomic mass is 19.4. The van der Waals surface area contributed by atoms with E-state index in [2.05, 4.69) is 0 Å². The number of benzene rings is 2. The third kappa shape index (κ3) is 5.12. The minimum Gasteiger partial charge on any atom is -0.452 e. The highest BCUT2D eigenvalue weighted by Gasteiger charge is 2.27. The molecular weight excluding hydrogens is 323 g/mol. The lowest BCUT2D eigenvalue weighted by Gasteiger charge is -2.11. The van der Waals surface area contributed by atoms with E-state index in [4.69, 9.17) is 4.74 Å². The van der Waals surface area contributed by atoms with Crippen molar-refractivity contribution >= 4 is 11.9 Å². The van der Waals surface area contributed by atoms with Gasteiger partial charge >= 0.3 is 12.1 Å². The van der Waals surface area contributed by atoms with Gasteiger partial charge in [-0.25, -0.2) is 4.79 Å². The first-order chi connectivity index (χ1) is 11.4. The molecule has 126 valence electrons. The van der Waals surface area contributed by atoms with E-state index in [0.717, 1.165) is 5.56 Å². The van der Waals surface area contributed by atoms with E-state index in [1.165, 1.54) is 6.07 Å². The zero-order chi connectivity index (χ0) is 17.6. The Kier molecular flexibility index (Phi) is 5.57. The largest absolute Gasteiger partial charge is 0.452 e. The van der Waals surface area contributed by atoms with Crippen molar-refractivity contribution in [1.82, 2.24) is 5.32 Å². The predicted molar refractivity (Wildman–Crippen MR) is 81.2 cm³/mol. The maximum absolute atomic E-state index is 12.1. The van der Waals surface area contributed by atoms with E-state index in [0.29, 0.717) is 5.56 Å². The molecule has 1 amide bonds. The molecule has 1 N–H and O–H groups in total. The fraction of sp³-hybridized carbons (Fsp3) is 0.176. The molecule has 0 unspecified atom stereocenters. The normalized spacial score (nSPS) is 11.0. The summed E-state index contributed by atoms with van der Waals surface area (Å²) in [5.41, 5.74) is 1.62. The number of amides is 1. The third-order valence-corrected chi connectivity index (χ3v) is 3.05. The Morgan fingerprint density at radius 1 is 0.958 bits per heavy atom. The number of hydrogen-bond donors (Lipinski definition) is 1. The number of rotatable bonds is 5. The van der Waals surface area contributed by atoms with Crippen LogP contribution in [0.5, 0.6) is 0 Å². The van der Waals surface area contributed by atoms with Crippen LogP contribution in [0.4, 0.5) is 13.2 Å². The van der Waals surface area contributed by atoms with Crippen molar-refractivity contribution in [2.24, 2.45) is 0 Å². The molecule has 2 rings (SSSR count). The van der Waals surface area contributed by atoms with Crippen LogP contribution in [-0.4, -0.2) is 31.2 Å². The van der Waals surface area contributed by atoms with Crippen molar-refractivity contribution in [2.45, 2.75) is 6.18 Å². The van der Waals surface area contributed by atoms with Gasteiger partial charge in [0.15, 0.2) is 6.61 Å². The van der Waals surface area contributed by atoms with Crippen LogP contribution in [0, 0.1) is 0 Å². The van der Waals surface area contributed by atoms with Gasteiger partial charge in [0.2, 0.25) is 0 Å². The Balaban J connectivity index is 2.02. The molecule has 2 aromatic rings. The van der Waals surface area contributed by atoms with E-state index >= 15 is 0 Å². The number of esters is 1. The van der Waals surface area contributed by atoms with E-state index in [9.17, 15) is 22.8 Å². The first kappa shape index (κ1) is 17.5. The van der Waals surface area contributed by atoms with Crippen LogP contribution in [0.2, 0.25) is 0 Å².